The van der Waals surface area contributed by atoms with Crippen LogP contribution in [0.5, 0.6) is 0 Å². The molecule has 80 valence electrons. The lowest BCUT2D eigenvalue weighted by molar-refractivity contribution is 0.677. The molecule has 2 aliphatic carbocycles. The Bertz CT molecular complexity index is 350. The summed E-state index contributed by atoms with van der Waals surface area (Å²) >= 11 is 0. The van der Waals surface area contributed by atoms with Crippen LogP contribution in [0, 0.1) is 5.92 Å². The number of allylic oxidation sites excluding steroid dienone is 8. The van der Waals surface area contributed by atoms with Crippen LogP contribution in [0.1, 0.15) is 39.5 Å². The average Bonchev–Trinajstić information content (AvgIpc) is 2.25. The Kier molecular flexibility index (Phi) is 3.25. The quantitative estimate of drug-likeness (QED) is 0.612. The predicted octanol–water partition coefficient (Wildman–Crippen LogP) is 4.57. The van der Waals surface area contributed by atoms with Gasteiger partial charge in [-0.1, -0.05) is 48.5 Å². The first-order valence-electron chi connectivity index (χ1n) is 5.97. The standard InChI is InChI=1S/C15H20/c1-12-8-9-15(10-13(12)2)11-14-6-4-3-5-7-14/h3-4,6,9-10,12H,5,7-8,11H2,1-2H3. The molecule has 0 nitrogen and oxygen atoms in total. The third-order valence-corrected chi connectivity index (χ3v) is 3.46. The molecule has 0 aliphatic heterocycles. The molecule has 1 atom stereocenters. The zero-order chi connectivity index (χ0) is 10.7. The zero-order valence-electron chi connectivity index (χ0n) is 9.79. The first-order chi connectivity index (χ1) is 7.25. The highest BCUT2D eigenvalue weighted by Crippen LogP contribution is 2.28. The zero-order valence-corrected chi connectivity index (χ0v) is 9.79. The molecule has 0 N–H and O–H groups in total. The molecular weight excluding hydrogens is 180 g/mol. The van der Waals surface area contributed by atoms with Crippen LogP contribution in [0.2, 0.25) is 0 Å². The number of rotatable bonds is 2. The van der Waals surface area contributed by atoms with Crippen molar-refractivity contribution < 1.29 is 0 Å². The van der Waals surface area contributed by atoms with E-state index in [1.807, 2.05) is 0 Å². The largest absolute Gasteiger partial charge is 0.0842 e. The Morgan fingerprint density at radius 3 is 2.93 bits per heavy atom. The Balaban J connectivity index is 2.01. The topological polar surface area (TPSA) is 0 Å². The summed E-state index contributed by atoms with van der Waals surface area (Å²) in [6.45, 7) is 4.56. The Labute approximate surface area is 93.1 Å². The van der Waals surface area contributed by atoms with Crippen molar-refractivity contribution in [1.82, 2.24) is 0 Å². The van der Waals surface area contributed by atoms with E-state index in [1.54, 1.807) is 11.1 Å². The molecule has 0 radical (unpaired) electrons. The van der Waals surface area contributed by atoms with Crippen LogP contribution in [-0.2, 0) is 0 Å². The van der Waals surface area contributed by atoms with E-state index < -0.39 is 0 Å². The van der Waals surface area contributed by atoms with Gasteiger partial charge in [0.25, 0.3) is 0 Å². The highest BCUT2D eigenvalue weighted by molar-refractivity contribution is 5.34. The Hall–Kier alpha value is -1.04. The van der Waals surface area contributed by atoms with Crippen LogP contribution in [0.25, 0.3) is 0 Å². The van der Waals surface area contributed by atoms with Gasteiger partial charge in [-0.3, -0.25) is 0 Å². The van der Waals surface area contributed by atoms with Gasteiger partial charge in [0, 0.05) is 0 Å². The Morgan fingerprint density at radius 2 is 2.27 bits per heavy atom. The minimum Gasteiger partial charge on any atom is -0.0842 e. The van der Waals surface area contributed by atoms with E-state index in [0.29, 0.717) is 0 Å². The van der Waals surface area contributed by atoms with Crippen molar-refractivity contribution in [2.45, 2.75) is 39.5 Å². The van der Waals surface area contributed by atoms with Crippen molar-refractivity contribution >= 4 is 0 Å². The summed E-state index contributed by atoms with van der Waals surface area (Å²) in [5, 5.41) is 0. The highest BCUT2D eigenvalue weighted by atomic mass is 14.2. The summed E-state index contributed by atoms with van der Waals surface area (Å²) in [5.74, 6) is 0.744. The van der Waals surface area contributed by atoms with Crippen LogP contribution in [0.15, 0.2) is 47.1 Å². The third-order valence-electron chi connectivity index (χ3n) is 3.46. The lowest BCUT2D eigenvalue weighted by Gasteiger charge is -2.18. The van der Waals surface area contributed by atoms with Crippen molar-refractivity contribution in [2.75, 3.05) is 0 Å². The number of hydrogen-bond donors (Lipinski definition) is 0. The minimum absolute atomic E-state index is 0.744. The summed E-state index contributed by atoms with van der Waals surface area (Å²) < 4.78 is 0. The van der Waals surface area contributed by atoms with Crippen LogP contribution < -0.4 is 0 Å². The molecule has 0 heterocycles. The molecule has 0 amide bonds. The molecule has 2 aliphatic rings. The first kappa shape index (κ1) is 10.5. The van der Waals surface area contributed by atoms with Crippen molar-refractivity contribution in [3.05, 3.63) is 47.1 Å². The van der Waals surface area contributed by atoms with Crippen LogP contribution in [0.3, 0.4) is 0 Å². The summed E-state index contributed by atoms with van der Waals surface area (Å²) in [5.41, 5.74) is 4.65. The van der Waals surface area contributed by atoms with Crippen molar-refractivity contribution in [2.24, 2.45) is 5.92 Å². The molecule has 0 heteroatoms. The second-order valence-electron chi connectivity index (χ2n) is 4.77. The van der Waals surface area contributed by atoms with Gasteiger partial charge in [0.05, 0.1) is 0 Å². The van der Waals surface area contributed by atoms with Gasteiger partial charge < -0.3 is 0 Å². The maximum absolute atomic E-state index is 2.41. The predicted molar refractivity (Wildman–Crippen MR) is 66.7 cm³/mol. The molecule has 0 saturated heterocycles. The molecule has 0 bridgehead atoms. The summed E-state index contributed by atoms with van der Waals surface area (Å²) in [7, 11) is 0. The highest BCUT2D eigenvalue weighted by Gasteiger charge is 2.10. The number of hydrogen-bond acceptors (Lipinski definition) is 0. The van der Waals surface area contributed by atoms with E-state index in [1.165, 1.54) is 24.8 Å². The maximum atomic E-state index is 2.41. The summed E-state index contributed by atoms with van der Waals surface area (Å²) in [6.07, 6.45) is 16.4. The van der Waals surface area contributed by atoms with Crippen LogP contribution in [-0.4, -0.2) is 0 Å². The molecular formula is C15H20. The molecule has 0 aromatic rings. The second kappa shape index (κ2) is 4.65. The van der Waals surface area contributed by atoms with Gasteiger partial charge in [-0.05, 0) is 44.1 Å². The molecule has 0 saturated carbocycles. The summed E-state index contributed by atoms with van der Waals surface area (Å²) in [4.78, 5) is 0. The van der Waals surface area contributed by atoms with Gasteiger partial charge >= 0.3 is 0 Å². The van der Waals surface area contributed by atoms with E-state index in [2.05, 4.69) is 44.2 Å². The average molecular weight is 200 g/mol. The van der Waals surface area contributed by atoms with E-state index in [9.17, 15) is 0 Å². The van der Waals surface area contributed by atoms with Gasteiger partial charge in [-0.15, -0.1) is 0 Å². The lowest BCUT2D eigenvalue weighted by atomic mass is 9.87. The SMILES string of the molecule is CC1=CC(CC2=CC=CCC2)=CCC1C. The van der Waals surface area contributed by atoms with Gasteiger partial charge in [0.2, 0.25) is 0 Å². The molecule has 0 fully saturated rings. The van der Waals surface area contributed by atoms with Crippen molar-refractivity contribution in [1.29, 1.82) is 0 Å². The smallest absolute Gasteiger partial charge is 0.00670 e. The fourth-order valence-electron chi connectivity index (χ4n) is 2.19. The van der Waals surface area contributed by atoms with E-state index in [-0.39, 0.29) is 0 Å². The fraction of sp³-hybridized carbons (Fsp3) is 0.467. The van der Waals surface area contributed by atoms with Gasteiger partial charge in [-0.2, -0.15) is 0 Å². The van der Waals surface area contributed by atoms with Crippen LogP contribution >= 0.6 is 0 Å². The van der Waals surface area contributed by atoms with Crippen LogP contribution in [0.4, 0.5) is 0 Å². The molecule has 15 heavy (non-hydrogen) atoms. The van der Waals surface area contributed by atoms with Gasteiger partial charge in [-0.25, -0.2) is 0 Å². The molecule has 2 rings (SSSR count). The van der Waals surface area contributed by atoms with Gasteiger partial charge in [0.1, 0.15) is 0 Å². The second-order valence-corrected chi connectivity index (χ2v) is 4.77. The minimum atomic E-state index is 0.744. The monoisotopic (exact) mass is 200 g/mol. The maximum Gasteiger partial charge on any atom is -0.00670 e. The molecule has 1 unspecified atom stereocenters. The molecule has 0 aromatic carbocycles. The Morgan fingerprint density at radius 1 is 1.40 bits per heavy atom. The first-order valence-corrected chi connectivity index (χ1v) is 5.97. The van der Waals surface area contributed by atoms with Crippen molar-refractivity contribution in [3.8, 4) is 0 Å². The lowest BCUT2D eigenvalue weighted by Crippen LogP contribution is -2.02. The van der Waals surface area contributed by atoms with E-state index >= 15 is 0 Å². The fourth-order valence-corrected chi connectivity index (χ4v) is 2.19. The third kappa shape index (κ3) is 2.71. The van der Waals surface area contributed by atoms with Gasteiger partial charge in [0.15, 0.2) is 0 Å². The normalized spacial score (nSPS) is 25.7. The van der Waals surface area contributed by atoms with E-state index in [0.717, 1.165) is 12.3 Å². The van der Waals surface area contributed by atoms with E-state index in [4.69, 9.17) is 0 Å². The summed E-state index contributed by atoms with van der Waals surface area (Å²) in [6, 6.07) is 0. The van der Waals surface area contributed by atoms with Crippen molar-refractivity contribution in [3.63, 3.8) is 0 Å². The molecule has 0 spiro atoms. The molecule has 0 aromatic heterocycles.